The number of nitrogens with one attached hydrogen (secondary N) is 1. The summed E-state index contributed by atoms with van der Waals surface area (Å²) in [6, 6.07) is 28.4. The van der Waals surface area contributed by atoms with Gasteiger partial charge in [0.05, 0.1) is 11.8 Å². The average molecular weight is 443 g/mol. The Balaban J connectivity index is 1.43. The first-order chi connectivity index (χ1) is 15.6. The van der Waals surface area contributed by atoms with Gasteiger partial charge in [-0.1, -0.05) is 96.2 Å². The zero-order valence-electron chi connectivity index (χ0n) is 18.2. The first-order valence-electron chi connectivity index (χ1n) is 10.6. The van der Waals surface area contributed by atoms with Gasteiger partial charge in [0.25, 0.3) is 0 Å². The first kappa shape index (κ1) is 21.8. The van der Waals surface area contributed by atoms with Crippen LogP contribution in [0.25, 0.3) is 11.4 Å². The summed E-state index contributed by atoms with van der Waals surface area (Å²) in [4.78, 5) is 12.8. The summed E-state index contributed by atoms with van der Waals surface area (Å²) in [7, 11) is 1.93. The monoisotopic (exact) mass is 442 g/mol. The van der Waals surface area contributed by atoms with E-state index >= 15 is 0 Å². The lowest BCUT2D eigenvalue weighted by molar-refractivity contribution is -0.119. The molecule has 0 aliphatic rings. The van der Waals surface area contributed by atoms with Gasteiger partial charge in [-0.05, 0) is 30.5 Å². The minimum absolute atomic E-state index is 0.0279. The molecular formula is C26H26N4OS. The van der Waals surface area contributed by atoms with Crippen molar-refractivity contribution in [3.8, 4) is 11.4 Å². The minimum atomic E-state index is -0.0888. The second kappa shape index (κ2) is 10.3. The van der Waals surface area contributed by atoms with Crippen molar-refractivity contribution < 1.29 is 4.79 Å². The number of amides is 1. The van der Waals surface area contributed by atoms with Crippen LogP contribution in [0.1, 0.15) is 22.7 Å². The van der Waals surface area contributed by atoms with E-state index in [4.69, 9.17) is 0 Å². The largest absolute Gasteiger partial charge is 0.348 e. The number of aromatic nitrogens is 3. The molecule has 0 aliphatic heterocycles. The predicted octanol–water partition coefficient (Wildman–Crippen LogP) is 4.98. The zero-order chi connectivity index (χ0) is 22.3. The minimum Gasteiger partial charge on any atom is -0.348 e. The van der Waals surface area contributed by atoms with E-state index < -0.39 is 0 Å². The van der Waals surface area contributed by atoms with Gasteiger partial charge in [-0.2, -0.15) is 0 Å². The third kappa shape index (κ3) is 5.45. The van der Waals surface area contributed by atoms with E-state index in [9.17, 15) is 4.79 Å². The lowest BCUT2D eigenvalue weighted by atomic mass is 9.99. The highest BCUT2D eigenvalue weighted by atomic mass is 32.2. The van der Waals surface area contributed by atoms with Crippen LogP contribution in [-0.4, -0.2) is 26.4 Å². The molecule has 0 bridgehead atoms. The summed E-state index contributed by atoms with van der Waals surface area (Å²) < 4.78 is 1.94. The summed E-state index contributed by atoms with van der Waals surface area (Å²) in [5.41, 5.74) is 4.47. The van der Waals surface area contributed by atoms with Crippen LogP contribution < -0.4 is 5.32 Å². The normalized spacial score (nSPS) is 11.8. The van der Waals surface area contributed by atoms with Crippen LogP contribution in [0.5, 0.6) is 0 Å². The van der Waals surface area contributed by atoms with Gasteiger partial charge < -0.3 is 9.88 Å². The molecule has 5 nitrogen and oxygen atoms in total. The van der Waals surface area contributed by atoms with Crippen molar-refractivity contribution >= 4 is 17.7 Å². The molecule has 1 aromatic heterocycles. The molecule has 32 heavy (non-hydrogen) atoms. The molecule has 6 heteroatoms. The molecule has 0 saturated heterocycles. The van der Waals surface area contributed by atoms with Gasteiger partial charge in [-0.25, -0.2) is 0 Å². The molecule has 1 N–H and O–H groups in total. The first-order valence-corrected chi connectivity index (χ1v) is 11.6. The maximum absolute atomic E-state index is 12.8. The SMILES string of the molecule is Cc1cccc(-c2nnc(SCC(=O)NC(Cc3ccccc3)c3ccccc3)n2C)c1. The third-order valence-electron chi connectivity index (χ3n) is 5.26. The molecule has 1 atom stereocenters. The molecule has 3 aromatic carbocycles. The molecule has 0 fully saturated rings. The lowest BCUT2D eigenvalue weighted by Crippen LogP contribution is -2.31. The molecule has 0 saturated carbocycles. The molecule has 0 aliphatic carbocycles. The molecule has 162 valence electrons. The van der Waals surface area contributed by atoms with E-state index in [1.165, 1.54) is 22.9 Å². The van der Waals surface area contributed by atoms with Gasteiger partial charge in [0.1, 0.15) is 0 Å². The van der Waals surface area contributed by atoms with Crippen LogP contribution in [0, 0.1) is 6.92 Å². The van der Waals surface area contributed by atoms with Crippen LogP contribution in [0.3, 0.4) is 0 Å². The molecular weight excluding hydrogens is 416 g/mol. The van der Waals surface area contributed by atoms with Gasteiger partial charge in [0, 0.05) is 12.6 Å². The van der Waals surface area contributed by atoms with E-state index in [2.05, 4.69) is 58.8 Å². The Hall–Kier alpha value is -3.38. The second-order valence-corrected chi connectivity index (χ2v) is 8.69. The number of thioether (sulfide) groups is 1. The Morgan fingerprint density at radius 1 is 0.969 bits per heavy atom. The number of aryl methyl sites for hydroxylation is 1. The molecule has 0 spiro atoms. The number of carbonyl (C=O) groups is 1. The second-order valence-electron chi connectivity index (χ2n) is 7.74. The Kier molecular flexibility index (Phi) is 7.02. The molecule has 1 unspecified atom stereocenters. The van der Waals surface area contributed by atoms with Gasteiger partial charge in [0.2, 0.25) is 5.91 Å². The number of benzene rings is 3. The van der Waals surface area contributed by atoms with Crippen LogP contribution >= 0.6 is 11.8 Å². The fraction of sp³-hybridized carbons (Fsp3) is 0.192. The molecule has 4 aromatic rings. The summed E-state index contributed by atoms with van der Waals surface area (Å²) in [5, 5.41) is 12.5. The lowest BCUT2D eigenvalue weighted by Gasteiger charge is -2.19. The van der Waals surface area contributed by atoms with Crippen LogP contribution in [-0.2, 0) is 18.3 Å². The quantitative estimate of drug-likeness (QED) is 0.391. The van der Waals surface area contributed by atoms with Crippen molar-refractivity contribution in [2.45, 2.75) is 24.5 Å². The van der Waals surface area contributed by atoms with Gasteiger partial charge >= 0.3 is 0 Å². The van der Waals surface area contributed by atoms with E-state index in [-0.39, 0.29) is 17.7 Å². The summed E-state index contributed by atoms with van der Waals surface area (Å²) in [6.45, 7) is 2.05. The number of rotatable bonds is 8. The van der Waals surface area contributed by atoms with Gasteiger partial charge in [0.15, 0.2) is 11.0 Å². The highest BCUT2D eigenvalue weighted by Crippen LogP contribution is 2.24. The molecule has 0 radical (unpaired) electrons. The van der Waals surface area contributed by atoms with Crippen molar-refractivity contribution in [2.75, 3.05) is 5.75 Å². The Morgan fingerprint density at radius 2 is 1.69 bits per heavy atom. The number of hydrogen-bond acceptors (Lipinski definition) is 4. The fourth-order valence-electron chi connectivity index (χ4n) is 3.63. The smallest absolute Gasteiger partial charge is 0.230 e. The average Bonchev–Trinajstić information content (AvgIpc) is 3.19. The van der Waals surface area contributed by atoms with Crippen molar-refractivity contribution in [2.24, 2.45) is 7.05 Å². The van der Waals surface area contributed by atoms with Gasteiger partial charge in [-0.3, -0.25) is 4.79 Å². The zero-order valence-corrected chi connectivity index (χ0v) is 19.0. The standard InChI is InChI=1S/C26H26N4OS/c1-19-10-9-15-22(16-19)25-28-29-26(30(25)2)32-18-24(31)27-23(21-13-7-4-8-14-21)17-20-11-5-3-6-12-20/h3-16,23H,17-18H2,1-2H3,(H,27,31). The number of nitrogens with zero attached hydrogens (tertiary/aromatic N) is 3. The van der Waals surface area contributed by atoms with E-state index in [1.54, 1.807) is 0 Å². The predicted molar refractivity (Wildman–Crippen MR) is 129 cm³/mol. The highest BCUT2D eigenvalue weighted by molar-refractivity contribution is 7.99. The van der Waals surface area contributed by atoms with E-state index in [1.807, 2.05) is 60.1 Å². The summed E-state index contributed by atoms with van der Waals surface area (Å²) >= 11 is 1.40. The van der Waals surface area contributed by atoms with Crippen LogP contribution in [0.2, 0.25) is 0 Å². The number of carbonyl (C=O) groups excluding carboxylic acids is 1. The van der Waals surface area contributed by atoms with Crippen molar-refractivity contribution in [3.63, 3.8) is 0 Å². The third-order valence-corrected chi connectivity index (χ3v) is 6.28. The van der Waals surface area contributed by atoms with E-state index in [0.29, 0.717) is 0 Å². The summed E-state index contributed by atoms with van der Waals surface area (Å²) in [5.74, 6) is 1.04. The topological polar surface area (TPSA) is 59.8 Å². The highest BCUT2D eigenvalue weighted by Gasteiger charge is 2.17. The molecule has 1 amide bonds. The summed E-state index contributed by atoms with van der Waals surface area (Å²) in [6.07, 6.45) is 0.739. The van der Waals surface area contributed by atoms with Crippen molar-refractivity contribution in [1.82, 2.24) is 20.1 Å². The fourth-order valence-corrected chi connectivity index (χ4v) is 4.35. The van der Waals surface area contributed by atoms with Gasteiger partial charge in [-0.15, -0.1) is 10.2 Å². The maximum Gasteiger partial charge on any atom is 0.230 e. The molecule has 4 rings (SSSR count). The van der Waals surface area contributed by atoms with E-state index in [0.717, 1.165) is 28.5 Å². The molecule has 1 heterocycles. The Labute approximate surface area is 192 Å². The van der Waals surface area contributed by atoms with Crippen molar-refractivity contribution in [1.29, 1.82) is 0 Å². The Bertz CT molecular complexity index is 1170. The Morgan fingerprint density at radius 3 is 2.41 bits per heavy atom. The van der Waals surface area contributed by atoms with Crippen molar-refractivity contribution in [3.05, 3.63) is 102 Å². The number of hydrogen-bond donors (Lipinski definition) is 1. The van der Waals surface area contributed by atoms with Crippen LogP contribution in [0.15, 0.2) is 90.1 Å². The maximum atomic E-state index is 12.8. The van der Waals surface area contributed by atoms with Crippen LogP contribution in [0.4, 0.5) is 0 Å².